The van der Waals surface area contributed by atoms with Crippen LogP contribution in [0.15, 0.2) is 12.7 Å². The van der Waals surface area contributed by atoms with E-state index in [1.165, 1.54) is 25.7 Å². The second-order valence-corrected chi connectivity index (χ2v) is 2.69. The molecule has 0 nitrogen and oxygen atoms in total. The van der Waals surface area contributed by atoms with Crippen molar-refractivity contribution >= 4 is 23.2 Å². The molecule has 0 aromatic heterocycles. The van der Waals surface area contributed by atoms with Crippen LogP contribution in [0.2, 0.25) is 0 Å². The van der Waals surface area contributed by atoms with Gasteiger partial charge in [-0.05, 0) is 12.8 Å². The number of alkyl halides is 2. The Morgan fingerprint density at radius 3 is 2.10 bits per heavy atom. The lowest BCUT2D eigenvalue weighted by molar-refractivity contribution is 0.730. The molecule has 0 rings (SSSR count). The molecule has 0 fully saturated rings. The van der Waals surface area contributed by atoms with E-state index in [4.69, 9.17) is 23.2 Å². The Kier molecular flexibility index (Phi) is 20.9. The summed E-state index contributed by atoms with van der Waals surface area (Å²) in [6.07, 6.45) is 7.16. The number of hydrogen-bond acceptors (Lipinski definition) is 0. The number of halogens is 2. The monoisotopic (exact) mass is 182 g/mol. The average Bonchev–Trinajstić information content (AvgIpc) is 1.91. The van der Waals surface area contributed by atoms with Crippen LogP contribution >= 0.6 is 23.2 Å². The SMILES string of the molecule is C=CCCCCC.ClCCl. The first kappa shape index (κ1) is 12.9. The number of rotatable bonds is 4. The smallest absolute Gasteiger partial charge is 0.0967 e. The van der Waals surface area contributed by atoms with Crippen LogP contribution in [-0.4, -0.2) is 5.34 Å². The number of allylic oxidation sites excluding steroid dienone is 1. The van der Waals surface area contributed by atoms with Gasteiger partial charge in [0.05, 0.1) is 5.34 Å². The van der Waals surface area contributed by atoms with Gasteiger partial charge in [0.1, 0.15) is 0 Å². The van der Waals surface area contributed by atoms with Gasteiger partial charge in [0.25, 0.3) is 0 Å². The number of unbranched alkanes of at least 4 members (excludes halogenated alkanes) is 3. The van der Waals surface area contributed by atoms with E-state index >= 15 is 0 Å². The minimum Gasteiger partial charge on any atom is -0.109 e. The molecule has 0 spiro atoms. The third-order valence-electron chi connectivity index (χ3n) is 1.01. The van der Waals surface area contributed by atoms with E-state index in [0.29, 0.717) is 0 Å². The lowest BCUT2D eigenvalue weighted by Crippen LogP contribution is -1.67. The topological polar surface area (TPSA) is 0 Å². The third-order valence-corrected chi connectivity index (χ3v) is 1.01. The molecule has 0 unspecified atom stereocenters. The van der Waals surface area contributed by atoms with Crippen molar-refractivity contribution in [2.24, 2.45) is 0 Å². The van der Waals surface area contributed by atoms with Crippen LogP contribution in [0.3, 0.4) is 0 Å². The molecule has 0 aliphatic carbocycles. The molecule has 0 atom stereocenters. The fourth-order valence-corrected chi connectivity index (χ4v) is 0.539. The van der Waals surface area contributed by atoms with Gasteiger partial charge in [0, 0.05) is 0 Å². The summed E-state index contributed by atoms with van der Waals surface area (Å²) in [7, 11) is 0. The van der Waals surface area contributed by atoms with Crippen LogP contribution in [0, 0.1) is 0 Å². The first-order valence-corrected chi connectivity index (χ1v) is 4.63. The maximum atomic E-state index is 4.76. The highest BCUT2D eigenvalue weighted by molar-refractivity contribution is 6.40. The summed E-state index contributed by atoms with van der Waals surface area (Å²) in [4.78, 5) is 0. The zero-order valence-corrected chi connectivity index (χ0v) is 8.09. The summed E-state index contributed by atoms with van der Waals surface area (Å²) in [6.45, 7) is 5.84. The lowest BCUT2D eigenvalue weighted by Gasteiger charge is -1.87. The predicted molar refractivity (Wildman–Crippen MR) is 50.9 cm³/mol. The van der Waals surface area contributed by atoms with Gasteiger partial charge >= 0.3 is 0 Å². The lowest BCUT2D eigenvalue weighted by atomic mass is 10.2. The molecule has 0 aliphatic rings. The number of hydrogen-bond donors (Lipinski definition) is 0. The van der Waals surface area contributed by atoms with Crippen molar-refractivity contribution in [2.45, 2.75) is 32.6 Å². The average molecular weight is 183 g/mol. The molecule has 0 aromatic rings. The second kappa shape index (κ2) is 16.2. The molecule has 0 amide bonds. The van der Waals surface area contributed by atoms with Gasteiger partial charge in [0.15, 0.2) is 0 Å². The molecule has 2 heteroatoms. The summed E-state index contributed by atoms with van der Waals surface area (Å²) >= 11 is 9.53. The van der Waals surface area contributed by atoms with E-state index in [0.717, 1.165) is 0 Å². The molecule has 0 heterocycles. The van der Waals surface area contributed by atoms with Gasteiger partial charge in [-0.15, -0.1) is 29.8 Å². The van der Waals surface area contributed by atoms with Gasteiger partial charge in [-0.3, -0.25) is 0 Å². The van der Waals surface area contributed by atoms with Crippen molar-refractivity contribution < 1.29 is 0 Å². The van der Waals surface area contributed by atoms with Gasteiger partial charge < -0.3 is 0 Å². The van der Waals surface area contributed by atoms with E-state index < -0.39 is 0 Å². The maximum Gasteiger partial charge on any atom is 0.0967 e. The molecule has 0 aromatic carbocycles. The van der Waals surface area contributed by atoms with E-state index in [9.17, 15) is 0 Å². The third kappa shape index (κ3) is 23.9. The standard InChI is InChI=1S/C7H14.CH2Cl2/c1-3-5-7-6-4-2;2-1-3/h3H,1,4-7H2,2H3;1H2. The van der Waals surface area contributed by atoms with Crippen molar-refractivity contribution in [1.29, 1.82) is 0 Å². The molecule has 0 aliphatic heterocycles. The normalized spacial score (nSPS) is 7.90. The highest BCUT2D eigenvalue weighted by atomic mass is 35.5. The largest absolute Gasteiger partial charge is 0.109 e. The zero-order valence-electron chi connectivity index (χ0n) is 6.58. The van der Waals surface area contributed by atoms with E-state index in [1.54, 1.807) is 0 Å². The molecule has 62 valence electrons. The molecule has 0 saturated carbocycles. The fraction of sp³-hybridized carbons (Fsp3) is 0.750. The zero-order chi connectivity index (χ0) is 8.24. The van der Waals surface area contributed by atoms with Gasteiger partial charge in [0.2, 0.25) is 0 Å². The van der Waals surface area contributed by atoms with Crippen LogP contribution in [0.4, 0.5) is 0 Å². The van der Waals surface area contributed by atoms with Crippen molar-refractivity contribution in [3.05, 3.63) is 12.7 Å². The minimum atomic E-state index is 0.194. The van der Waals surface area contributed by atoms with Crippen LogP contribution in [0.5, 0.6) is 0 Å². The van der Waals surface area contributed by atoms with Crippen molar-refractivity contribution in [1.82, 2.24) is 0 Å². The Morgan fingerprint density at radius 1 is 1.30 bits per heavy atom. The Labute approximate surface area is 74.2 Å². The van der Waals surface area contributed by atoms with Gasteiger partial charge in [-0.25, -0.2) is 0 Å². The maximum absolute atomic E-state index is 4.76. The molecule has 0 N–H and O–H groups in total. The van der Waals surface area contributed by atoms with Crippen molar-refractivity contribution in [3.8, 4) is 0 Å². The molecular weight excluding hydrogens is 167 g/mol. The Hall–Kier alpha value is 0.320. The molecule has 0 saturated heterocycles. The Morgan fingerprint density at radius 2 is 1.80 bits per heavy atom. The Bertz CT molecular complexity index is 53.2. The highest BCUT2D eigenvalue weighted by Gasteiger charge is 1.77. The van der Waals surface area contributed by atoms with Crippen LogP contribution in [-0.2, 0) is 0 Å². The van der Waals surface area contributed by atoms with Gasteiger partial charge in [-0.2, -0.15) is 0 Å². The summed E-state index contributed by atoms with van der Waals surface area (Å²) in [5, 5.41) is 0.194. The van der Waals surface area contributed by atoms with E-state index in [1.807, 2.05) is 6.08 Å². The summed E-state index contributed by atoms with van der Waals surface area (Å²) in [6, 6.07) is 0. The molecule has 0 bridgehead atoms. The van der Waals surface area contributed by atoms with Gasteiger partial charge in [-0.1, -0.05) is 25.8 Å². The second-order valence-electron chi connectivity index (χ2n) is 1.89. The van der Waals surface area contributed by atoms with E-state index in [2.05, 4.69) is 13.5 Å². The summed E-state index contributed by atoms with van der Waals surface area (Å²) in [5.41, 5.74) is 0. The molecular formula is C8H16Cl2. The quantitative estimate of drug-likeness (QED) is 0.348. The van der Waals surface area contributed by atoms with Crippen molar-refractivity contribution in [3.63, 3.8) is 0 Å². The Balaban J connectivity index is 0. The summed E-state index contributed by atoms with van der Waals surface area (Å²) < 4.78 is 0. The predicted octanol–water partition coefficient (Wildman–Crippen LogP) is 4.17. The first-order valence-electron chi connectivity index (χ1n) is 3.56. The summed E-state index contributed by atoms with van der Waals surface area (Å²) in [5.74, 6) is 0. The highest BCUT2D eigenvalue weighted by Crippen LogP contribution is 1.97. The first-order chi connectivity index (χ1) is 4.83. The fourth-order valence-electron chi connectivity index (χ4n) is 0.539. The van der Waals surface area contributed by atoms with Crippen molar-refractivity contribution in [2.75, 3.05) is 5.34 Å². The molecule has 0 radical (unpaired) electrons. The van der Waals surface area contributed by atoms with E-state index in [-0.39, 0.29) is 5.34 Å². The molecule has 10 heavy (non-hydrogen) atoms. The van der Waals surface area contributed by atoms with Crippen LogP contribution < -0.4 is 0 Å². The minimum absolute atomic E-state index is 0.194. The van der Waals surface area contributed by atoms with Crippen LogP contribution in [0.1, 0.15) is 32.6 Å². The van der Waals surface area contributed by atoms with Crippen LogP contribution in [0.25, 0.3) is 0 Å².